The van der Waals surface area contributed by atoms with Gasteiger partial charge >= 0.3 is 0 Å². The summed E-state index contributed by atoms with van der Waals surface area (Å²) in [5.41, 5.74) is 5.95. The Labute approximate surface area is 129 Å². The molecule has 0 aromatic heterocycles. The lowest BCUT2D eigenvalue weighted by Crippen LogP contribution is -2.43. The Bertz CT molecular complexity index is 578. The number of anilines is 1. The molecule has 0 heterocycles. The Morgan fingerprint density at radius 2 is 2.05 bits per heavy atom. The molecule has 7 heteroatoms. The predicted octanol–water partition coefficient (Wildman–Crippen LogP) is 2.87. The zero-order valence-electron chi connectivity index (χ0n) is 11.3. The van der Waals surface area contributed by atoms with Crippen LogP contribution in [-0.4, -0.2) is 26.0 Å². The molecule has 1 fully saturated rings. The number of nitrogens with one attached hydrogen (secondary N) is 1. The molecule has 1 aliphatic carbocycles. The van der Waals surface area contributed by atoms with Gasteiger partial charge < -0.3 is 5.73 Å². The van der Waals surface area contributed by atoms with Gasteiger partial charge in [-0.3, -0.25) is 0 Å². The normalized spacial score (nSPS) is 23.7. The molecule has 0 amide bonds. The summed E-state index contributed by atoms with van der Waals surface area (Å²) < 4.78 is 27.7. The molecule has 1 aromatic carbocycles. The van der Waals surface area contributed by atoms with E-state index < -0.39 is 10.0 Å². The van der Waals surface area contributed by atoms with Gasteiger partial charge in [-0.1, -0.05) is 24.4 Å². The summed E-state index contributed by atoms with van der Waals surface area (Å²) in [6, 6.07) is 4.43. The van der Waals surface area contributed by atoms with Crippen LogP contribution in [0.25, 0.3) is 0 Å². The molecule has 1 aliphatic rings. The van der Waals surface area contributed by atoms with Crippen molar-refractivity contribution in [1.82, 2.24) is 4.72 Å². The van der Waals surface area contributed by atoms with Gasteiger partial charge in [0.1, 0.15) is 4.90 Å². The van der Waals surface area contributed by atoms with Crippen molar-refractivity contribution in [2.75, 3.05) is 12.0 Å². The zero-order valence-corrected chi connectivity index (χ0v) is 13.7. The summed E-state index contributed by atoms with van der Waals surface area (Å²) in [7, 11) is -3.60. The number of nitrogen functional groups attached to an aromatic ring is 1. The summed E-state index contributed by atoms with van der Waals surface area (Å²) in [4.78, 5) is 0.104. The van der Waals surface area contributed by atoms with E-state index in [4.69, 9.17) is 17.3 Å². The van der Waals surface area contributed by atoms with Crippen LogP contribution in [0.4, 0.5) is 5.69 Å². The monoisotopic (exact) mass is 334 g/mol. The Balaban J connectivity index is 2.22. The van der Waals surface area contributed by atoms with Gasteiger partial charge in [0.15, 0.2) is 0 Å². The molecule has 0 bridgehead atoms. The highest BCUT2D eigenvalue weighted by molar-refractivity contribution is 7.99. The standard InChI is InChI=1S/C13H19ClN2O2S2/c1-19-12-5-3-2-4-11(12)16-20(17,18)13-7-6-9(14)8-10(13)15/h6-8,11-12,16H,2-5,15H2,1H3. The van der Waals surface area contributed by atoms with Crippen LogP contribution >= 0.6 is 23.4 Å². The van der Waals surface area contributed by atoms with Crippen LogP contribution in [0.5, 0.6) is 0 Å². The minimum atomic E-state index is -3.60. The van der Waals surface area contributed by atoms with Crippen molar-refractivity contribution in [2.45, 2.75) is 41.9 Å². The zero-order chi connectivity index (χ0) is 14.8. The van der Waals surface area contributed by atoms with E-state index in [0.29, 0.717) is 10.3 Å². The van der Waals surface area contributed by atoms with Crippen molar-refractivity contribution in [3.8, 4) is 0 Å². The van der Waals surface area contributed by atoms with Crippen molar-refractivity contribution in [3.63, 3.8) is 0 Å². The topological polar surface area (TPSA) is 72.2 Å². The number of sulfonamides is 1. The molecule has 2 atom stereocenters. The van der Waals surface area contributed by atoms with Crippen LogP contribution in [-0.2, 0) is 10.0 Å². The van der Waals surface area contributed by atoms with Crippen molar-refractivity contribution >= 4 is 39.1 Å². The van der Waals surface area contributed by atoms with Crippen molar-refractivity contribution in [3.05, 3.63) is 23.2 Å². The highest BCUT2D eigenvalue weighted by Crippen LogP contribution is 2.29. The molecule has 112 valence electrons. The Morgan fingerprint density at radius 3 is 2.70 bits per heavy atom. The Kier molecular flexibility index (Phi) is 5.23. The first kappa shape index (κ1) is 15.9. The lowest BCUT2D eigenvalue weighted by molar-refractivity contribution is 0.423. The average Bonchev–Trinajstić information content (AvgIpc) is 2.38. The van der Waals surface area contributed by atoms with Crippen LogP contribution in [0.1, 0.15) is 25.7 Å². The summed E-state index contributed by atoms with van der Waals surface area (Å²) in [6.45, 7) is 0. The first-order valence-corrected chi connectivity index (χ1v) is 9.69. The first-order valence-electron chi connectivity index (χ1n) is 6.54. The third-order valence-corrected chi connectivity index (χ3v) is 6.54. The maximum absolute atomic E-state index is 12.5. The fourth-order valence-electron chi connectivity index (χ4n) is 2.54. The molecular formula is C13H19ClN2O2S2. The van der Waals surface area contributed by atoms with Crippen molar-refractivity contribution in [2.24, 2.45) is 0 Å². The molecule has 0 aliphatic heterocycles. The molecule has 1 saturated carbocycles. The lowest BCUT2D eigenvalue weighted by Gasteiger charge is -2.30. The number of rotatable bonds is 4. The second-order valence-electron chi connectivity index (χ2n) is 4.97. The molecule has 20 heavy (non-hydrogen) atoms. The second kappa shape index (κ2) is 6.56. The number of benzene rings is 1. The number of hydrogen-bond donors (Lipinski definition) is 2. The van der Waals surface area contributed by atoms with E-state index in [9.17, 15) is 8.42 Å². The predicted molar refractivity (Wildman–Crippen MR) is 85.7 cm³/mol. The van der Waals surface area contributed by atoms with Crippen LogP contribution < -0.4 is 10.5 Å². The largest absolute Gasteiger partial charge is 0.398 e. The van der Waals surface area contributed by atoms with Gasteiger partial charge in [-0.15, -0.1) is 0 Å². The average molecular weight is 335 g/mol. The quantitative estimate of drug-likeness (QED) is 0.830. The van der Waals surface area contributed by atoms with E-state index in [1.54, 1.807) is 17.8 Å². The van der Waals surface area contributed by atoms with Gasteiger partial charge in [0.05, 0.1) is 5.69 Å². The summed E-state index contributed by atoms with van der Waals surface area (Å²) in [6.07, 6.45) is 6.16. The number of halogens is 1. The van der Waals surface area contributed by atoms with E-state index >= 15 is 0 Å². The van der Waals surface area contributed by atoms with Gasteiger partial charge in [-0.25, -0.2) is 13.1 Å². The lowest BCUT2D eigenvalue weighted by atomic mass is 9.96. The molecule has 1 aromatic rings. The Hall–Kier alpha value is -0.430. The molecule has 2 rings (SSSR count). The minimum Gasteiger partial charge on any atom is -0.398 e. The van der Waals surface area contributed by atoms with E-state index in [2.05, 4.69) is 4.72 Å². The maximum atomic E-state index is 12.5. The Morgan fingerprint density at radius 1 is 1.35 bits per heavy atom. The molecular weight excluding hydrogens is 316 g/mol. The number of thioether (sulfide) groups is 1. The van der Waals surface area contributed by atoms with E-state index in [0.717, 1.165) is 25.7 Å². The van der Waals surface area contributed by atoms with E-state index in [-0.39, 0.29) is 16.6 Å². The van der Waals surface area contributed by atoms with Crippen molar-refractivity contribution < 1.29 is 8.42 Å². The molecule has 0 radical (unpaired) electrons. The van der Waals surface area contributed by atoms with Crippen LogP contribution in [0.2, 0.25) is 5.02 Å². The molecule has 0 saturated heterocycles. The van der Waals surface area contributed by atoms with Crippen LogP contribution in [0, 0.1) is 0 Å². The van der Waals surface area contributed by atoms with Gasteiger partial charge in [-0.05, 0) is 37.3 Å². The first-order chi connectivity index (χ1) is 9.44. The van der Waals surface area contributed by atoms with Gasteiger partial charge in [-0.2, -0.15) is 11.8 Å². The smallest absolute Gasteiger partial charge is 0.242 e. The number of nitrogens with two attached hydrogens (primary N) is 1. The van der Waals surface area contributed by atoms with E-state index in [1.165, 1.54) is 12.1 Å². The summed E-state index contributed by atoms with van der Waals surface area (Å²) in [5, 5.41) is 0.758. The number of hydrogen-bond acceptors (Lipinski definition) is 4. The van der Waals surface area contributed by atoms with E-state index in [1.807, 2.05) is 6.26 Å². The third-order valence-electron chi connectivity index (χ3n) is 3.57. The SMILES string of the molecule is CSC1CCCCC1NS(=O)(=O)c1ccc(Cl)cc1N. The van der Waals surface area contributed by atoms with Gasteiger partial charge in [0, 0.05) is 16.3 Å². The van der Waals surface area contributed by atoms with Crippen LogP contribution in [0.15, 0.2) is 23.1 Å². The summed E-state index contributed by atoms with van der Waals surface area (Å²) in [5.74, 6) is 0. The third kappa shape index (κ3) is 3.61. The molecule has 0 spiro atoms. The van der Waals surface area contributed by atoms with Gasteiger partial charge in [0.25, 0.3) is 0 Å². The molecule has 4 nitrogen and oxygen atoms in total. The van der Waals surface area contributed by atoms with Gasteiger partial charge in [0.2, 0.25) is 10.0 Å². The molecule has 3 N–H and O–H groups in total. The molecule has 2 unspecified atom stereocenters. The van der Waals surface area contributed by atoms with Crippen LogP contribution in [0.3, 0.4) is 0 Å². The maximum Gasteiger partial charge on any atom is 0.242 e. The summed E-state index contributed by atoms with van der Waals surface area (Å²) >= 11 is 7.52. The minimum absolute atomic E-state index is 0.0289. The van der Waals surface area contributed by atoms with Crippen molar-refractivity contribution in [1.29, 1.82) is 0 Å². The fourth-order valence-corrected chi connectivity index (χ4v) is 5.17. The second-order valence-corrected chi connectivity index (χ2v) is 8.16. The fraction of sp³-hybridized carbons (Fsp3) is 0.538. The highest BCUT2D eigenvalue weighted by atomic mass is 35.5. The highest BCUT2D eigenvalue weighted by Gasteiger charge is 2.29.